The Balaban J connectivity index is 2.15. The van der Waals surface area contributed by atoms with E-state index in [1.54, 1.807) is 11.3 Å². The Morgan fingerprint density at radius 2 is 2.38 bits per heavy atom. The van der Waals surface area contributed by atoms with Crippen LogP contribution in [0.3, 0.4) is 0 Å². The molecule has 3 nitrogen and oxygen atoms in total. The Morgan fingerprint density at radius 1 is 1.62 bits per heavy atom. The Labute approximate surface area is 99.7 Å². The van der Waals surface area contributed by atoms with Gasteiger partial charge in [0.1, 0.15) is 6.04 Å². The molecule has 0 amide bonds. The highest BCUT2D eigenvalue weighted by Gasteiger charge is 2.34. The lowest BCUT2D eigenvalue weighted by molar-refractivity contribution is -0.142. The number of hydrogen-bond donors (Lipinski definition) is 1. The lowest BCUT2D eigenvalue weighted by atomic mass is 10.2. The largest absolute Gasteiger partial charge is 0.480 e. The van der Waals surface area contributed by atoms with Crippen molar-refractivity contribution < 1.29 is 9.90 Å². The highest BCUT2D eigenvalue weighted by atomic mass is 32.1. The Kier molecular flexibility index (Phi) is 3.30. The van der Waals surface area contributed by atoms with Crippen LogP contribution in [-0.4, -0.2) is 28.6 Å². The van der Waals surface area contributed by atoms with Crippen molar-refractivity contribution in [2.75, 3.05) is 6.54 Å². The molecule has 0 aliphatic carbocycles. The first-order valence-corrected chi connectivity index (χ1v) is 6.46. The van der Waals surface area contributed by atoms with Crippen molar-refractivity contribution >= 4 is 17.3 Å². The molecule has 0 radical (unpaired) electrons. The molecule has 4 heteroatoms. The minimum Gasteiger partial charge on any atom is -0.480 e. The van der Waals surface area contributed by atoms with Gasteiger partial charge in [0.2, 0.25) is 0 Å². The van der Waals surface area contributed by atoms with E-state index in [1.807, 2.05) is 0 Å². The molecule has 1 aromatic heterocycles. The molecule has 2 rings (SSSR count). The number of rotatable bonds is 3. The van der Waals surface area contributed by atoms with E-state index in [-0.39, 0.29) is 12.1 Å². The molecule has 1 saturated heterocycles. The molecule has 0 saturated carbocycles. The molecule has 1 fully saturated rings. The van der Waals surface area contributed by atoms with Gasteiger partial charge in [0.15, 0.2) is 0 Å². The van der Waals surface area contributed by atoms with Crippen molar-refractivity contribution in [3.8, 4) is 0 Å². The van der Waals surface area contributed by atoms with E-state index in [0.717, 1.165) is 19.4 Å². The first kappa shape index (κ1) is 11.6. The number of carboxylic acids is 1. The van der Waals surface area contributed by atoms with Crippen LogP contribution in [0.15, 0.2) is 12.1 Å². The predicted molar refractivity (Wildman–Crippen MR) is 64.8 cm³/mol. The molecule has 2 atom stereocenters. The Bertz CT molecular complexity index is 388. The maximum absolute atomic E-state index is 11.1. The summed E-state index contributed by atoms with van der Waals surface area (Å²) >= 11 is 1.76. The van der Waals surface area contributed by atoms with E-state index in [0.29, 0.717) is 0 Å². The first-order valence-electron chi connectivity index (χ1n) is 5.64. The third kappa shape index (κ3) is 2.13. The minimum atomic E-state index is -0.683. The monoisotopic (exact) mass is 239 g/mol. The summed E-state index contributed by atoms with van der Waals surface area (Å²) in [5.41, 5.74) is 0. The number of aliphatic carboxylic acids is 1. The van der Waals surface area contributed by atoms with E-state index in [4.69, 9.17) is 5.11 Å². The molecule has 16 heavy (non-hydrogen) atoms. The van der Waals surface area contributed by atoms with Gasteiger partial charge in [-0.3, -0.25) is 9.69 Å². The summed E-state index contributed by atoms with van der Waals surface area (Å²) in [4.78, 5) is 15.8. The lowest BCUT2D eigenvalue weighted by Gasteiger charge is -2.27. The molecule has 1 N–H and O–H groups in total. The summed E-state index contributed by atoms with van der Waals surface area (Å²) in [6.45, 7) is 5.08. The predicted octanol–water partition coefficient (Wildman–Crippen LogP) is 2.67. The maximum Gasteiger partial charge on any atom is 0.320 e. The topological polar surface area (TPSA) is 40.5 Å². The molecule has 88 valence electrons. The second-order valence-corrected chi connectivity index (χ2v) is 5.68. The Hall–Kier alpha value is -0.870. The third-order valence-electron chi connectivity index (χ3n) is 3.25. The van der Waals surface area contributed by atoms with Crippen molar-refractivity contribution in [3.63, 3.8) is 0 Å². The SMILES string of the molecule is Cc1ccc(C(C)N2CCCC2C(=O)O)s1. The number of hydrogen-bond acceptors (Lipinski definition) is 3. The van der Waals surface area contributed by atoms with Gasteiger partial charge in [-0.1, -0.05) is 0 Å². The van der Waals surface area contributed by atoms with Crippen LogP contribution in [0.4, 0.5) is 0 Å². The van der Waals surface area contributed by atoms with Crippen LogP contribution in [0.1, 0.15) is 35.6 Å². The molecule has 1 aliphatic heterocycles. The van der Waals surface area contributed by atoms with Gasteiger partial charge in [-0.2, -0.15) is 0 Å². The van der Waals surface area contributed by atoms with Crippen molar-refractivity contribution in [1.82, 2.24) is 4.90 Å². The second kappa shape index (κ2) is 4.55. The van der Waals surface area contributed by atoms with Crippen LogP contribution in [0.2, 0.25) is 0 Å². The molecule has 1 aliphatic rings. The molecule has 0 spiro atoms. The van der Waals surface area contributed by atoms with Gasteiger partial charge in [0.05, 0.1) is 0 Å². The lowest BCUT2D eigenvalue weighted by Crippen LogP contribution is -2.37. The van der Waals surface area contributed by atoms with Crippen LogP contribution >= 0.6 is 11.3 Å². The molecular weight excluding hydrogens is 222 g/mol. The first-order chi connectivity index (χ1) is 7.59. The average molecular weight is 239 g/mol. The van der Waals surface area contributed by atoms with Crippen molar-refractivity contribution in [2.45, 2.75) is 38.8 Å². The highest BCUT2D eigenvalue weighted by Crippen LogP contribution is 2.32. The molecule has 0 bridgehead atoms. The van der Waals surface area contributed by atoms with Crippen molar-refractivity contribution in [1.29, 1.82) is 0 Å². The number of nitrogens with zero attached hydrogens (tertiary/aromatic N) is 1. The smallest absolute Gasteiger partial charge is 0.320 e. The van der Waals surface area contributed by atoms with Gasteiger partial charge in [-0.05, 0) is 45.4 Å². The van der Waals surface area contributed by atoms with Crippen LogP contribution in [0.5, 0.6) is 0 Å². The van der Waals surface area contributed by atoms with Gasteiger partial charge in [-0.15, -0.1) is 11.3 Å². The van der Waals surface area contributed by atoms with Crippen molar-refractivity contribution in [3.05, 3.63) is 21.9 Å². The van der Waals surface area contributed by atoms with E-state index in [1.165, 1.54) is 9.75 Å². The summed E-state index contributed by atoms with van der Waals surface area (Å²) in [7, 11) is 0. The third-order valence-corrected chi connectivity index (χ3v) is 4.42. The molecule has 2 heterocycles. The second-order valence-electron chi connectivity index (χ2n) is 4.36. The number of aryl methyl sites for hydroxylation is 1. The number of likely N-dealkylation sites (tertiary alicyclic amines) is 1. The summed E-state index contributed by atoms with van der Waals surface area (Å²) in [5, 5.41) is 9.15. The quantitative estimate of drug-likeness (QED) is 0.881. The van der Waals surface area contributed by atoms with E-state index >= 15 is 0 Å². The Morgan fingerprint density at radius 3 is 2.94 bits per heavy atom. The van der Waals surface area contributed by atoms with Gasteiger partial charge < -0.3 is 5.11 Å². The summed E-state index contributed by atoms with van der Waals surface area (Å²) in [6, 6.07) is 4.14. The van der Waals surface area contributed by atoms with Gasteiger partial charge >= 0.3 is 5.97 Å². The fraction of sp³-hybridized carbons (Fsp3) is 0.583. The minimum absolute atomic E-state index is 0.224. The molecule has 0 aromatic carbocycles. The summed E-state index contributed by atoms with van der Waals surface area (Å²) in [5.74, 6) is -0.683. The van der Waals surface area contributed by atoms with E-state index in [2.05, 4.69) is 30.9 Å². The van der Waals surface area contributed by atoms with Gasteiger partial charge in [0, 0.05) is 15.8 Å². The van der Waals surface area contributed by atoms with Crippen molar-refractivity contribution in [2.24, 2.45) is 0 Å². The zero-order valence-electron chi connectivity index (χ0n) is 9.64. The zero-order chi connectivity index (χ0) is 11.7. The highest BCUT2D eigenvalue weighted by molar-refractivity contribution is 7.12. The van der Waals surface area contributed by atoms with E-state index < -0.39 is 5.97 Å². The normalized spacial score (nSPS) is 23.5. The summed E-state index contributed by atoms with van der Waals surface area (Å²) in [6.07, 6.45) is 1.77. The fourth-order valence-electron chi connectivity index (χ4n) is 2.36. The fourth-order valence-corrected chi connectivity index (χ4v) is 3.31. The number of thiophene rings is 1. The number of carboxylic acid groups (broad SMARTS) is 1. The van der Waals surface area contributed by atoms with Gasteiger partial charge in [-0.25, -0.2) is 0 Å². The van der Waals surface area contributed by atoms with Crippen LogP contribution < -0.4 is 0 Å². The number of carbonyl (C=O) groups is 1. The maximum atomic E-state index is 11.1. The van der Waals surface area contributed by atoms with Gasteiger partial charge in [0.25, 0.3) is 0 Å². The van der Waals surface area contributed by atoms with E-state index in [9.17, 15) is 4.79 Å². The molecule has 1 aromatic rings. The summed E-state index contributed by atoms with van der Waals surface area (Å²) < 4.78 is 0. The van der Waals surface area contributed by atoms with Crippen LogP contribution in [-0.2, 0) is 4.79 Å². The molecular formula is C12H17NO2S. The standard InChI is InChI=1S/C12H17NO2S/c1-8-5-6-11(16-8)9(2)13-7-3-4-10(13)12(14)15/h5-6,9-10H,3-4,7H2,1-2H3,(H,14,15). The van der Waals surface area contributed by atoms with Crippen LogP contribution in [0.25, 0.3) is 0 Å². The zero-order valence-corrected chi connectivity index (χ0v) is 10.5. The average Bonchev–Trinajstić information content (AvgIpc) is 2.84. The molecule has 2 unspecified atom stereocenters. The van der Waals surface area contributed by atoms with Crippen LogP contribution in [0, 0.1) is 6.92 Å².